The molecular formula is C21H23N3O4. The van der Waals surface area contributed by atoms with Crippen LogP contribution in [0.1, 0.15) is 28.8 Å². The maximum Gasteiger partial charge on any atom is 0.258 e. The van der Waals surface area contributed by atoms with Crippen molar-refractivity contribution in [1.29, 1.82) is 0 Å². The van der Waals surface area contributed by atoms with Crippen LogP contribution in [-0.2, 0) is 4.74 Å². The van der Waals surface area contributed by atoms with Crippen LogP contribution >= 0.6 is 0 Å². The molecule has 0 radical (unpaired) electrons. The molecule has 2 aliphatic heterocycles. The van der Waals surface area contributed by atoms with Gasteiger partial charge in [0.1, 0.15) is 0 Å². The molecule has 0 saturated carbocycles. The molecule has 0 aromatic heterocycles. The number of fused-ring (bicyclic) bond motifs is 1. The first-order valence-electron chi connectivity index (χ1n) is 9.39. The summed E-state index contributed by atoms with van der Waals surface area (Å²) in [5.74, 6) is 1.33. The highest BCUT2D eigenvalue weighted by Gasteiger charge is 2.19. The van der Waals surface area contributed by atoms with E-state index in [2.05, 4.69) is 15.6 Å². The number of aryl methyl sites for hydroxylation is 1. The van der Waals surface area contributed by atoms with Gasteiger partial charge in [-0.2, -0.15) is 0 Å². The number of amides is 1. The topological polar surface area (TPSA) is 81.2 Å². The van der Waals surface area contributed by atoms with E-state index in [0.717, 1.165) is 30.7 Å². The lowest BCUT2D eigenvalue weighted by atomic mass is 10.2. The fraction of sp³-hybridized carbons (Fsp3) is 0.333. The molecule has 2 aliphatic rings. The molecule has 1 fully saturated rings. The van der Waals surface area contributed by atoms with Crippen LogP contribution < -0.4 is 20.1 Å². The number of benzene rings is 2. The molecule has 0 spiro atoms. The third-order valence-electron chi connectivity index (χ3n) is 4.74. The van der Waals surface area contributed by atoms with Gasteiger partial charge in [0, 0.05) is 17.9 Å². The summed E-state index contributed by atoms with van der Waals surface area (Å²) >= 11 is 0. The lowest BCUT2D eigenvalue weighted by molar-refractivity contribution is 0.0975. The lowest BCUT2D eigenvalue weighted by Crippen LogP contribution is -2.37. The second-order valence-corrected chi connectivity index (χ2v) is 6.79. The van der Waals surface area contributed by atoms with Crippen molar-refractivity contribution in [2.45, 2.75) is 25.9 Å². The Morgan fingerprint density at radius 2 is 2.04 bits per heavy atom. The Morgan fingerprint density at radius 3 is 2.86 bits per heavy atom. The van der Waals surface area contributed by atoms with Crippen molar-refractivity contribution in [1.82, 2.24) is 5.32 Å². The maximum absolute atomic E-state index is 12.8. The Kier molecular flexibility index (Phi) is 5.43. The quantitative estimate of drug-likeness (QED) is 0.628. The van der Waals surface area contributed by atoms with Crippen LogP contribution in [0.25, 0.3) is 0 Å². The van der Waals surface area contributed by atoms with Crippen LogP contribution in [0.4, 0.5) is 5.69 Å². The van der Waals surface area contributed by atoms with E-state index < -0.39 is 0 Å². The first-order chi connectivity index (χ1) is 13.7. The number of guanidine groups is 1. The molecule has 146 valence electrons. The van der Waals surface area contributed by atoms with Crippen molar-refractivity contribution in [3.63, 3.8) is 0 Å². The first-order valence-corrected chi connectivity index (χ1v) is 9.39. The molecule has 2 N–H and O–H groups in total. The van der Waals surface area contributed by atoms with Gasteiger partial charge in [0.2, 0.25) is 12.8 Å². The van der Waals surface area contributed by atoms with E-state index in [9.17, 15) is 4.79 Å². The molecule has 7 heteroatoms. The molecule has 0 bridgehead atoms. The molecule has 2 aromatic carbocycles. The summed E-state index contributed by atoms with van der Waals surface area (Å²) in [5, 5.41) is 6.10. The van der Waals surface area contributed by atoms with Gasteiger partial charge in [0.05, 0.1) is 12.6 Å². The van der Waals surface area contributed by atoms with Gasteiger partial charge < -0.3 is 19.5 Å². The molecule has 1 atom stereocenters. The summed E-state index contributed by atoms with van der Waals surface area (Å²) < 4.78 is 16.3. The van der Waals surface area contributed by atoms with Gasteiger partial charge in [-0.25, -0.2) is 4.99 Å². The monoisotopic (exact) mass is 381 g/mol. The zero-order valence-electron chi connectivity index (χ0n) is 15.7. The van der Waals surface area contributed by atoms with E-state index in [1.54, 1.807) is 18.2 Å². The number of carbonyl (C=O) groups excluding carboxylic acids is 1. The maximum atomic E-state index is 12.8. The number of nitrogens with one attached hydrogen (secondary N) is 2. The number of carbonyl (C=O) groups is 1. The molecule has 2 heterocycles. The van der Waals surface area contributed by atoms with Gasteiger partial charge in [-0.1, -0.05) is 18.2 Å². The smallest absolute Gasteiger partial charge is 0.258 e. The van der Waals surface area contributed by atoms with E-state index >= 15 is 0 Å². The lowest BCUT2D eigenvalue weighted by Gasteiger charge is -2.15. The van der Waals surface area contributed by atoms with Crippen molar-refractivity contribution in [2.24, 2.45) is 4.99 Å². The number of anilines is 1. The highest BCUT2D eigenvalue weighted by Crippen LogP contribution is 2.32. The van der Waals surface area contributed by atoms with Crippen LogP contribution in [-0.4, -0.2) is 37.9 Å². The van der Waals surface area contributed by atoms with Crippen molar-refractivity contribution in [3.05, 3.63) is 53.6 Å². The molecular weight excluding hydrogens is 358 g/mol. The number of rotatable bonds is 4. The fourth-order valence-corrected chi connectivity index (χ4v) is 3.15. The zero-order chi connectivity index (χ0) is 19.3. The van der Waals surface area contributed by atoms with Gasteiger partial charge in [-0.05, 0) is 49.6 Å². The Bertz CT molecular complexity index is 891. The van der Waals surface area contributed by atoms with Crippen molar-refractivity contribution >= 4 is 17.6 Å². The second-order valence-electron chi connectivity index (χ2n) is 6.79. The largest absolute Gasteiger partial charge is 0.454 e. The normalized spacial score (nSPS) is 18.2. The number of hydrogen-bond acceptors (Lipinski definition) is 5. The van der Waals surface area contributed by atoms with Crippen molar-refractivity contribution < 1.29 is 19.0 Å². The summed E-state index contributed by atoms with van der Waals surface area (Å²) in [6.45, 7) is 3.43. The molecule has 4 rings (SSSR count). The van der Waals surface area contributed by atoms with E-state index in [1.165, 1.54) is 0 Å². The molecule has 28 heavy (non-hydrogen) atoms. The number of para-hydroxylation sites is 1. The zero-order valence-corrected chi connectivity index (χ0v) is 15.7. The summed E-state index contributed by atoms with van der Waals surface area (Å²) in [7, 11) is 0. The number of hydrogen-bond donors (Lipinski definition) is 2. The summed E-state index contributed by atoms with van der Waals surface area (Å²) in [6.07, 6.45) is 2.12. The van der Waals surface area contributed by atoms with Crippen LogP contribution in [0.3, 0.4) is 0 Å². The third kappa shape index (κ3) is 4.26. The third-order valence-corrected chi connectivity index (χ3v) is 4.74. The van der Waals surface area contributed by atoms with Gasteiger partial charge in [0.25, 0.3) is 5.91 Å². The minimum atomic E-state index is -0.273. The van der Waals surface area contributed by atoms with Crippen molar-refractivity contribution in [2.75, 3.05) is 25.3 Å². The van der Waals surface area contributed by atoms with E-state index in [4.69, 9.17) is 14.2 Å². The average molecular weight is 381 g/mol. The predicted molar refractivity (Wildman–Crippen MR) is 106 cm³/mol. The van der Waals surface area contributed by atoms with Gasteiger partial charge in [0.15, 0.2) is 11.5 Å². The molecule has 1 saturated heterocycles. The van der Waals surface area contributed by atoms with E-state index in [-0.39, 0.29) is 18.8 Å². The number of ether oxygens (including phenoxy) is 3. The minimum absolute atomic E-state index is 0.0936. The molecule has 1 amide bonds. The first kappa shape index (κ1) is 18.3. The highest BCUT2D eigenvalue weighted by molar-refractivity contribution is 6.10. The molecule has 1 unspecified atom stereocenters. The standard InChI is InChI=1S/C21H23N3O4/c1-14-5-2-3-7-17(14)23-21(22-12-16-6-4-10-26-16)24-20(25)15-8-9-18-19(11-15)28-13-27-18/h2-3,5,7-9,11,16H,4,6,10,12-13H2,1H3,(H2,22,23,24,25). The summed E-state index contributed by atoms with van der Waals surface area (Å²) in [6, 6.07) is 13.0. The Labute approximate surface area is 163 Å². The van der Waals surface area contributed by atoms with Gasteiger partial charge in [-0.3, -0.25) is 10.1 Å². The van der Waals surface area contributed by atoms with Crippen LogP contribution in [0.5, 0.6) is 11.5 Å². The Hall–Kier alpha value is -3.06. The Balaban J connectivity index is 1.51. The van der Waals surface area contributed by atoms with Crippen molar-refractivity contribution in [3.8, 4) is 11.5 Å². The van der Waals surface area contributed by atoms with Crippen LogP contribution in [0.2, 0.25) is 0 Å². The fourth-order valence-electron chi connectivity index (χ4n) is 3.15. The molecule has 0 aliphatic carbocycles. The van der Waals surface area contributed by atoms with Gasteiger partial charge >= 0.3 is 0 Å². The van der Waals surface area contributed by atoms with Gasteiger partial charge in [-0.15, -0.1) is 0 Å². The highest BCUT2D eigenvalue weighted by atomic mass is 16.7. The molecule has 7 nitrogen and oxygen atoms in total. The molecule has 2 aromatic rings. The predicted octanol–water partition coefficient (Wildman–Crippen LogP) is 3.10. The number of aliphatic imine (C=N–C) groups is 1. The van der Waals surface area contributed by atoms with E-state index in [1.807, 2.05) is 31.2 Å². The van der Waals surface area contributed by atoms with Crippen LogP contribution in [0.15, 0.2) is 47.5 Å². The summed E-state index contributed by atoms with van der Waals surface area (Å²) in [4.78, 5) is 17.3. The minimum Gasteiger partial charge on any atom is -0.454 e. The Morgan fingerprint density at radius 1 is 1.18 bits per heavy atom. The SMILES string of the molecule is Cc1ccccc1NC(=NCC1CCCO1)NC(=O)c1ccc2c(c1)OCO2. The van der Waals surface area contributed by atoms with Crippen LogP contribution in [0, 0.1) is 6.92 Å². The summed E-state index contributed by atoms with van der Waals surface area (Å²) in [5.41, 5.74) is 2.42. The van der Waals surface area contributed by atoms with E-state index in [0.29, 0.717) is 29.6 Å². The average Bonchev–Trinajstić information content (AvgIpc) is 3.38. The second kappa shape index (κ2) is 8.31. The number of nitrogens with zero attached hydrogens (tertiary/aromatic N) is 1.